The van der Waals surface area contributed by atoms with Gasteiger partial charge in [-0.15, -0.1) is 0 Å². The molecule has 1 heterocycles. The highest BCUT2D eigenvalue weighted by Gasteiger charge is 2.15. The first-order valence-electron chi connectivity index (χ1n) is 8.06. The van der Waals surface area contributed by atoms with E-state index in [0.29, 0.717) is 17.9 Å². The van der Waals surface area contributed by atoms with E-state index in [1.807, 2.05) is 35.0 Å². The summed E-state index contributed by atoms with van der Waals surface area (Å²) in [6.45, 7) is 2.05. The van der Waals surface area contributed by atoms with Crippen molar-refractivity contribution in [2.75, 3.05) is 14.2 Å². The average Bonchev–Trinajstić information content (AvgIpc) is 3.09. The number of hydrogen-bond donors (Lipinski definition) is 1. The number of aromatic nitrogens is 3. The summed E-state index contributed by atoms with van der Waals surface area (Å²) in [5.74, 6) is 2.16. The van der Waals surface area contributed by atoms with Crippen LogP contribution in [0.1, 0.15) is 23.0 Å². The van der Waals surface area contributed by atoms with E-state index in [-0.39, 0.29) is 6.04 Å². The van der Waals surface area contributed by atoms with Gasteiger partial charge in [-0.3, -0.25) is 0 Å². The third-order valence-electron chi connectivity index (χ3n) is 4.10. The van der Waals surface area contributed by atoms with E-state index in [4.69, 9.17) is 15.2 Å². The van der Waals surface area contributed by atoms with Gasteiger partial charge in [-0.1, -0.05) is 18.2 Å². The smallest absolute Gasteiger partial charge is 0.161 e. The predicted octanol–water partition coefficient (Wildman–Crippen LogP) is 2.84. The lowest BCUT2D eigenvalue weighted by Gasteiger charge is -2.15. The zero-order valence-electron chi connectivity index (χ0n) is 14.6. The summed E-state index contributed by atoms with van der Waals surface area (Å²) in [7, 11) is 3.23. The second-order valence-electron chi connectivity index (χ2n) is 5.85. The molecule has 0 saturated heterocycles. The van der Waals surface area contributed by atoms with E-state index in [9.17, 15) is 0 Å². The van der Waals surface area contributed by atoms with Gasteiger partial charge in [0, 0.05) is 12.5 Å². The van der Waals surface area contributed by atoms with Gasteiger partial charge in [0.15, 0.2) is 11.5 Å². The van der Waals surface area contributed by atoms with Gasteiger partial charge < -0.3 is 15.2 Å². The highest BCUT2D eigenvalue weighted by atomic mass is 16.5. The zero-order chi connectivity index (χ0) is 17.8. The number of hydrogen-bond acceptors (Lipinski definition) is 5. The number of ether oxygens (including phenoxy) is 2. The van der Waals surface area contributed by atoms with Gasteiger partial charge in [0.1, 0.15) is 12.2 Å². The number of aryl methyl sites for hydroxylation is 1. The van der Waals surface area contributed by atoms with Gasteiger partial charge in [0.05, 0.1) is 19.9 Å². The Labute approximate surface area is 147 Å². The molecule has 0 spiro atoms. The summed E-state index contributed by atoms with van der Waals surface area (Å²) in [6.07, 6.45) is 2.11. The summed E-state index contributed by atoms with van der Waals surface area (Å²) >= 11 is 0. The van der Waals surface area contributed by atoms with E-state index >= 15 is 0 Å². The van der Waals surface area contributed by atoms with E-state index in [1.54, 1.807) is 20.5 Å². The maximum absolute atomic E-state index is 6.40. The normalized spacial score (nSPS) is 12.0. The summed E-state index contributed by atoms with van der Waals surface area (Å²) < 4.78 is 12.5. The molecule has 0 saturated carbocycles. The average molecular weight is 338 g/mol. The maximum Gasteiger partial charge on any atom is 0.161 e. The van der Waals surface area contributed by atoms with Crippen LogP contribution in [-0.4, -0.2) is 29.0 Å². The first-order valence-corrected chi connectivity index (χ1v) is 8.06. The van der Waals surface area contributed by atoms with Crippen LogP contribution in [0, 0.1) is 6.92 Å². The Bertz CT molecular complexity index is 860. The van der Waals surface area contributed by atoms with Gasteiger partial charge >= 0.3 is 0 Å². The molecule has 0 radical (unpaired) electrons. The van der Waals surface area contributed by atoms with Crippen molar-refractivity contribution in [2.45, 2.75) is 19.4 Å². The van der Waals surface area contributed by atoms with Crippen LogP contribution >= 0.6 is 0 Å². The fraction of sp³-hybridized carbons (Fsp3) is 0.263. The quantitative estimate of drug-likeness (QED) is 0.748. The van der Waals surface area contributed by atoms with Gasteiger partial charge in [-0.2, -0.15) is 5.10 Å². The molecule has 3 rings (SSSR count). The molecule has 6 nitrogen and oxygen atoms in total. The third kappa shape index (κ3) is 3.64. The molecule has 6 heteroatoms. The molecule has 1 unspecified atom stereocenters. The standard InChI is InChI=1S/C19H22N4O2/c1-13-5-4-6-15(9-13)23-19(21-12-22-23)11-16(20)14-7-8-17(24-2)18(10-14)25-3/h4-10,12,16H,11,20H2,1-3H3. The van der Waals surface area contributed by atoms with Crippen molar-refractivity contribution in [1.29, 1.82) is 0 Å². The monoisotopic (exact) mass is 338 g/mol. The minimum absolute atomic E-state index is 0.229. The fourth-order valence-electron chi connectivity index (χ4n) is 2.78. The minimum atomic E-state index is -0.229. The molecule has 0 fully saturated rings. The van der Waals surface area contributed by atoms with Crippen LogP contribution < -0.4 is 15.2 Å². The van der Waals surface area contributed by atoms with E-state index in [0.717, 1.165) is 17.1 Å². The maximum atomic E-state index is 6.40. The lowest BCUT2D eigenvalue weighted by atomic mass is 10.0. The molecular formula is C19H22N4O2. The largest absolute Gasteiger partial charge is 0.493 e. The number of nitrogens with zero attached hydrogens (tertiary/aromatic N) is 3. The molecule has 0 amide bonds. The number of nitrogens with two attached hydrogens (primary N) is 1. The minimum Gasteiger partial charge on any atom is -0.493 e. The van der Waals surface area contributed by atoms with Crippen LogP contribution in [-0.2, 0) is 6.42 Å². The first-order chi connectivity index (χ1) is 12.1. The first kappa shape index (κ1) is 17.0. The van der Waals surface area contributed by atoms with Crippen LogP contribution in [0.15, 0.2) is 48.8 Å². The number of methoxy groups -OCH3 is 2. The molecule has 3 aromatic rings. The zero-order valence-corrected chi connectivity index (χ0v) is 14.6. The molecule has 2 N–H and O–H groups in total. The molecule has 0 aliphatic rings. The summed E-state index contributed by atoms with van der Waals surface area (Å²) in [5, 5.41) is 4.34. The Balaban J connectivity index is 1.85. The molecule has 0 bridgehead atoms. The SMILES string of the molecule is COc1ccc(C(N)Cc2ncnn2-c2cccc(C)c2)cc1OC. The topological polar surface area (TPSA) is 75.2 Å². The molecule has 25 heavy (non-hydrogen) atoms. The fourth-order valence-corrected chi connectivity index (χ4v) is 2.78. The van der Waals surface area contributed by atoms with Crippen LogP contribution in [0.5, 0.6) is 11.5 Å². The van der Waals surface area contributed by atoms with Gasteiger partial charge in [-0.25, -0.2) is 9.67 Å². The van der Waals surface area contributed by atoms with Gasteiger partial charge in [-0.05, 0) is 42.3 Å². The molecule has 130 valence electrons. The van der Waals surface area contributed by atoms with Crippen molar-refractivity contribution in [1.82, 2.24) is 14.8 Å². The van der Waals surface area contributed by atoms with Crippen LogP contribution in [0.2, 0.25) is 0 Å². The van der Waals surface area contributed by atoms with Crippen molar-refractivity contribution < 1.29 is 9.47 Å². The van der Waals surface area contributed by atoms with Crippen molar-refractivity contribution in [3.8, 4) is 17.2 Å². The van der Waals surface area contributed by atoms with Crippen molar-refractivity contribution in [2.24, 2.45) is 5.73 Å². The Morgan fingerprint density at radius 3 is 2.60 bits per heavy atom. The van der Waals surface area contributed by atoms with E-state index in [2.05, 4.69) is 29.1 Å². The van der Waals surface area contributed by atoms with Crippen molar-refractivity contribution >= 4 is 0 Å². The van der Waals surface area contributed by atoms with E-state index < -0.39 is 0 Å². The summed E-state index contributed by atoms with van der Waals surface area (Å²) in [5.41, 5.74) is 9.50. The molecule has 0 aliphatic heterocycles. The molecule has 1 atom stereocenters. The molecule has 2 aromatic carbocycles. The molecule has 0 aliphatic carbocycles. The van der Waals surface area contributed by atoms with Crippen molar-refractivity contribution in [3.63, 3.8) is 0 Å². The van der Waals surface area contributed by atoms with Crippen molar-refractivity contribution in [3.05, 3.63) is 65.7 Å². The lowest BCUT2D eigenvalue weighted by Crippen LogP contribution is -2.16. The number of rotatable bonds is 6. The number of benzene rings is 2. The second-order valence-corrected chi connectivity index (χ2v) is 5.85. The Morgan fingerprint density at radius 1 is 1.08 bits per heavy atom. The predicted molar refractivity (Wildman–Crippen MR) is 96.3 cm³/mol. The Morgan fingerprint density at radius 2 is 1.88 bits per heavy atom. The van der Waals surface area contributed by atoms with E-state index in [1.165, 1.54) is 5.56 Å². The molecular weight excluding hydrogens is 316 g/mol. The highest BCUT2D eigenvalue weighted by Crippen LogP contribution is 2.30. The Kier molecular flexibility index (Phi) is 5.00. The summed E-state index contributed by atoms with van der Waals surface area (Å²) in [6, 6.07) is 13.6. The van der Waals surface area contributed by atoms with Gasteiger partial charge in [0.2, 0.25) is 0 Å². The summed E-state index contributed by atoms with van der Waals surface area (Å²) in [4.78, 5) is 4.38. The van der Waals surface area contributed by atoms with Crippen LogP contribution in [0.4, 0.5) is 0 Å². The third-order valence-corrected chi connectivity index (χ3v) is 4.10. The van der Waals surface area contributed by atoms with Gasteiger partial charge in [0.25, 0.3) is 0 Å². The Hall–Kier alpha value is -2.86. The van der Waals surface area contributed by atoms with Crippen LogP contribution in [0.3, 0.4) is 0 Å². The lowest BCUT2D eigenvalue weighted by molar-refractivity contribution is 0.354. The second kappa shape index (κ2) is 7.36. The van der Waals surface area contributed by atoms with Crippen LogP contribution in [0.25, 0.3) is 5.69 Å². The molecule has 1 aromatic heterocycles. The highest BCUT2D eigenvalue weighted by molar-refractivity contribution is 5.44.